The van der Waals surface area contributed by atoms with Crippen LogP contribution in [0.5, 0.6) is 17.2 Å². The number of ether oxygens (including phenoxy) is 3. The molecule has 2 aromatic rings. The minimum absolute atomic E-state index is 0.659. The monoisotopic (exact) mass is 369 g/mol. The second-order valence-corrected chi connectivity index (χ2v) is 6.36. The van der Waals surface area contributed by atoms with Gasteiger partial charge in [-0.3, -0.25) is 4.99 Å². The van der Waals surface area contributed by atoms with Crippen LogP contribution < -0.4 is 19.5 Å². The minimum atomic E-state index is 0.659. The number of benzene rings is 2. The van der Waals surface area contributed by atoms with Gasteiger partial charge in [-0.15, -0.1) is 0 Å². The van der Waals surface area contributed by atoms with Crippen LogP contribution in [0.4, 0.5) is 0 Å². The highest BCUT2D eigenvalue weighted by atomic mass is 16.5. The third kappa shape index (κ3) is 4.10. The van der Waals surface area contributed by atoms with Crippen molar-refractivity contribution in [2.24, 2.45) is 4.99 Å². The van der Waals surface area contributed by atoms with Crippen molar-refractivity contribution < 1.29 is 14.2 Å². The van der Waals surface area contributed by atoms with Gasteiger partial charge in [-0.2, -0.15) is 0 Å². The summed E-state index contributed by atoms with van der Waals surface area (Å²) >= 11 is 0. The zero-order valence-electron chi connectivity index (χ0n) is 16.4. The zero-order valence-corrected chi connectivity index (χ0v) is 16.4. The fourth-order valence-corrected chi connectivity index (χ4v) is 3.42. The van der Waals surface area contributed by atoms with E-state index in [1.165, 1.54) is 11.1 Å². The molecule has 0 spiro atoms. The molecular weight excluding hydrogens is 342 g/mol. The van der Waals surface area contributed by atoms with Crippen LogP contribution in [0.1, 0.15) is 16.7 Å². The first-order chi connectivity index (χ1) is 13.2. The highest BCUT2D eigenvalue weighted by molar-refractivity contribution is 5.80. The van der Waals surface area contributed by atoms with Gasteiger partial charge in [-0.25, -0.2) is 0 Å². The van der Waals surface area contributed by atoms with Gasteiger partial charge in [-0.1, -0.05) is 18.2 Å². The molecule has 2 aromatic carbocycles. The molecular formula is C21H27N3O3. The average molecular weight is 369 g/mol. The van der Waals surface area contributed by atoms with Crippen LogP contribution in [-0.4, -0.2) is 45.8 Å². The molecule has 1 heterocycles. The Hall–Kier alpha value is -2.89. The molecule has 6 nitrogen and oxygen atoms in total. The van der Waals surface area contributed by atoms with Crippen LogP contribution in [0.15, 0.2) is 41.4 Å². The molecule has 0 radical (unpaired) electrons. The number of hydrogen-bond donors (Lipinski definition) is 1. The van der Waals surface area contributed by atoms with Gasteiger partial charge in [0.15, 0.2) is 17.5 Å². The van der Waals surface area contributed by atoms with Crippen LogP contribution in [0.3, 0.4) is 0 Å². The van der Waals surface area contributed by atoms with Crippen molar-refractivity contribution in [2.75, 3.05) is 34.9 Å². The highest BCUT2D eigenvalue weighted by Crippen LogP contribution is 2.33. The summed E-state index contributed by atoms with van der Waals surface area (Å²) in [6.07, 6.45) is 0.936. The van der Waals surface area contributed by atoms with E-state index in [1.54, 1.807) is 21.3 Å². The molecule has 6 heteroatoms. The molecule has 0 atom stereocenters. The molecule has 0 aliphatic carbocycles. The molecule has 0 saturated carbocycles. The van der Waals surface area contributed by atoms with Gasteiger partial charge < -0.3 is 24.4 Å². The molecule has 1 N–H and O–H groups in total. The first kappa shape index (κ1) is 18.9. The van der Waals surface area contributed by atoms with Crippen molar-refractivity contribution in [3.8, 4) is 17.2 Å². The summed E-state index contributed by atoms with van der Waals surface area (Å²) in [6, 6.07) is 12.2. The largest absolute Gasteiger partial charge is 0.496 e. The number of fused-ring (bicyclic) bond motifs is 1. The summed E-state index contributed by atoms with van der Waals surface area (Å²) < 4.78 is 16.3. The number of guanidine groups is 1. The summed E-state index contributed by atoms with van der Waals surface area (Å²) in [4.78, 5) is 6.72. The molecule has 27 heavy (non-hydrogen) atoms. The van der Waals surface area contributed by atoms with Gasteiger partial charge in [0.2, 0.25) is 0 Å². The fourth-order valence-electron chi connectivity index (χ4n) is 3.42. The van der Waals surface area contributed by atoms with Crippen molar-refractivity contribution >= 4 is 5.96 Å². The summed E-state index contributed by atoms with van der Waals surface area (Å²) in [7, 11) is 6.84. The standard InChI is InChI=1S/C21H27N3O3/c1-22-21(23-13-16-7-5-6-8-18(16)25-2)24-10-9-15-11-19(26-3)20(27-4)12-17(15)14-24/h5-8,11-12H,9-10,13-14H2,1-4H3,(H,22,23). The van der Waals surface area contributed by atoms with E-state index < -0.39 is 0 Å². The van der Waals surface area contributed by atoms with E-state index in [0.717, 1.165) is 48.3 Å². The molecule has 0 amide bonds. The Labute approximate surface area is 160 Å². The van der Waals surface area contributed by atoms with Crippen LogP contribution in [0.25, 0.3) is 0 Å². The van der Waals surface area contributed by atoms with Crippen LogP contribution in [0, 0.1) is 0 Å². The highest BCUT2D eigenvalue weighted by Gasteiger charge is 2.21. The number of hydrogen-bond acceptors (Lipinski definition) is 4. The van der Waals surface area contributed by atoms with E-state index in [1.807, 2.05) is 25.2 Å². The van der Waals surface area contributed by atoms with Gasteiger partial charge in [0.25, 0.3) is 0 Å². The van der Waals surface area contributed by atoms with E-state index in [9.17, 15) is 0 Å². The van der Waals surface area contributed by atoms with Crippen LogP contribution in [0.2, 0.25) is 0 Å². The lowest BCUT2D eigenvalue weighted by molar-refractivity contribution is 0.345. The van der Waals surface area contributed by atoms with Crippen molar-refractivity contribution in [3.63, 3.8) is 0 Å². The Morgan fingerprint density at radius 2 is 1.67 bits per heavy atom. The number of aliphatic imine (C=N–C) groups is 1. The first-order valence-electron chi connectivity index (χ1n) is 9.01. The normalized spacial score (nSPS) is 13.8. The van der Waals surface area contributed by atoms with Crippen molar-refractivity contribution in [2.45, 2.75) is 19.5 Å². The maximum absolute atomic E-state index is 5.45. The van der Waals surface area contributed by atoms with Gasteiger partial charge in [-0.05, 0) is 35.7 Å². The average Bonchev–Trinajstić information content (AvgIpc) is 2.73. The van der Waals surface area contributed by atoms with Gasteiger partial charge in [0.05, 0.1) is 21.3 Å². The maximum atomic E-state index is 5.45. The van der Waals surface area contributed by atoms with Gasteiger partial charge >= 0.3 is 0 Å². The smallest absolute Gasteiger partial charge is 0.194 e. The third-order valence-corrected chi connectivity index (χ3v) is 4.86. The Morgan fingerprint density at radius 3 is 2.33 bits per heavy atom. The lowest BCUT2D eigenvalue weighted by atomic mass is 9.99. The summed E-state index contributed by atoms with van der Waals surface area (Å²) in [6.45, 7) is 2.33. The molecule has 0 saturated heterocycles. The molecule has 0 fully saturated rings. The summed E-state index contributed by atoms with van der Waals surface area (Å²) in [5, 5.41) is 3.45. The number of methoxy groups -OCH3 is 3. The Kier molecular flexibility index (Phi) is 6.06. The van der Waals surface area contributed by atoms with Crippen molar-refractivity contribution in [1.82, 2.24) is 10.2 Å². The second kappa shape index (κ2) is 8.66. The van der Waals surface area contributed by atoms with Crippen molar-refractivity contribution in [3.05, 3.63) is 53.1 Å². The Morgan fingerprint density at radius 1 is 1.00 bits per heavy atom. The molecule has 0 bridgehead atoms. The molecule has 0 unspecified atom stereocenters. The molecule has 0 aromatic heterocycles. The quantitative estimate of drug-likeness (QED) is 0.649. The number of para-hydroxylation sites is 1. The first-order valence-corrected chi connectivity index (χ1v) is 9.01. The lowest BCUT2D eigenvalue weighted by Crippen LogP contribution is -2.43. The van der Waals surface area contributed by atoms with E-state index in [0.29, 0.717) is 6.54 Å². The van der Waals surface area contributed by atoms with Crippen molar-refractivity contribution in [1.29, 1.82) is 0 Å². The number of nitrogens with zero attached hydrogens (tertiary/aromatic N) is 2. The topological polar surface area (TPSA) is 55.3 Å². The van der Waals surface area contributed by atoms with E-state index >= 15 is 0 Å². The van der Waals surface area contributed by atoms with Gasteiger partial charge in [0, 0.05) is 32.2 Å². The van der Waals surface area contributed by atoms with E-state index in [2.05, 4.69) is 33.4 Å². The third-order valence-electron chi connectivity index (χ3n) is 4.86. The predicted molar refractivity (Wildman–Crippen MR) is 107 cm³/mol. The summed E-state index contributed by atoms with van der Waals surface area (Å²) in [5.74, 6) is 3.29. The fraction of sp³-hybridized carbons (Fsp3) is 0.381. The Balaban J connectivity index is 1.73. The second-order valence-electron chi connectivity index (χ2n) is 6.36. The number of rotatable bonds is 5. The molecule has 1 aliphatic heterocycles. The minimum Gasteiger partial charge on any atom is -0.496 e. The lowest BCUT2D eigenvalue weighted by Gasteiger charge is -2.32. The van der Waals surface area contributed by atoms with Crippen LogP contribution in [-0.2, 0) is 19.5 Å². The zero-order chi connectivity index (χ0) is 19.2. The molecule has 3 rings (SSSR count). The Bertz CT molecular complexity index is 820. The van der Waals surface area contributed by atoms with Gasteiger partial charge in [0.1, 0.15) is 5.75 Å². The molecule has 1 aliphatic rings. The molecule has 144 valence electrons. The van der Waals surface area contributed by atoms with E-state index in [4.69, 9.17) is 14.2 Å². The maximum Gasteiger partial charge on any atom is 0.194 e. The predicted octanol–water partition coefficient (Wildman–Crippen LogP) is 2.85. The summed E-state index contributed by atoms with van der Waals surface area (Å²) in [5.41, 5.74) is 3.63. The number of nitrogens with one attached hydrogen (secondary N) is 1. The SMILES string of the molecule is CN=C(NCc1ccccc1OC)N1CCc2cc(OC)c(OC)cc2C1. The van der Waals surface area contributed by atoms with Crippen LogP contribution >= 0.6 is 0 Å². The van der Waals surface area contributed by atoms with E-state index in [-0.39, 0.29) is 0 Å².